The molecule has 6 nitrogen and oxygen atoms in total. The number of carbonyl (C=O) groups is 1. The van der Waals surface area contributed by atoms with Crippen LogP contribution >= 0.6 is 0 Å². The topological polar surface area (TPSA) is 67.1 Å². The van der Waals surface area contributed by atoms with Gasteiger partial charge in [0, 0.05) is 42.9 Å². The number of aromatic hydroxyl groups is 1. The third-order valence-electron chi connectivity index (χ3n) is 4.72. The number of imidazole rings is 1. The summed E-state index contributed by atoms with van der Waals surface area (Å²) < 4.78 is 36.1. The largest absolute Gasteiger partial charge is 0.508 e. The zero-order chi connectivity index (χ0) is 19.8. The van der Waals surface area contributed by atoms with E-state index in [-0.39, 0.29) is 23.0 Å². The average Bonchev–Trinajstić information content (AvgIpc) is 3.07. The Kier molecular flexibility index (Phi) is 4.46. The van der Waals surface area contributed by atoms with E-state index in [4.69, 9.17) is 4.74 Å². The minimum Gasteiger partial charge on any atom is -0.508 e. The summed E-state index contributed by atoms with van der Waals surface area (Å²) in [6.07, 6.45) is 5.92. The molecule has 1 N–H and O–H groups in total. The molecule has 0 atom stereocenters. The standard InChI is InChI=1S/C20H17F2N3O3/c1-2-19(27)24-7-12(8-24)10-28-18-3-13(9-25-11-23-6-17(18)25)20-15(21)4-14(26)5-16(20)22/h2-6,9,11-12,26H,1,7-8,10H2. The summed E-state index contributed by atoms with van der Waals surface area (Å²) in [5, 5.41) is 9.36. The van der Waals surface area contributed by atoms with Gasteiger partial charge >= 0.3 is 0 Å². The summed E-state index contributed by atoms with van der Waals surface area (Å²) in [4.78, 5) is 17.2. The van der Waals surface area contributed by atoms with Crippen molar-refractivity contribution in [1.29, 1.82) is 0 Å². The second kappa shape index (κ2) is 6.95. The van der Waals surface area contributed by atoms with Crippen LogP contribution in [0.1, 0.15) is 0 Å². The first-order valence-corrected chi connectivity index (χ1v) is 8.64. The Balaban J connectivity index is 1.60. The van der Waals surface area contributed by atoms with Crippen molar-refractivity contribution >= 4 is 11.4 Å². The first kappa shape index (κ1) is 18.0. The number of halogens is 2. The third kappa shape index (κ3) is 3.17. The molecule has 1 aliphatic rings. The van der Waals surface area contributed by atoms with Crippen molar-refractivity contribution in [3.63, 3.8) is 0 Å². The molecule has 1 fully saturated rings. The van der Waals surface area contributed by atoms with E-state index in [0.717, 1.165) is 12.1 Å². The summed E-state index contributed by atoms with van der Waals surface area (Å²) in [5.41, 5.74) is 0.652. The van der Waals surface area contributed by atoms with Gasteiger partial charge in [-0.25, -0.2) is 13.8 Å². The molecule has 0 aliphatic carbocycles. The van der Waals surface area contributed by atoms with Crippen LogP contribution in [0.3, 0.4) is 0 Å². The molecule has 1 aliphatic heterocycles. The number of nitrogens with zero attached hydrogens (tertiary/aromatic N) is 3. The lowest BCUT2D eigenvalue weighted by molar-refractivity contribution is -0.132. The predicted octanol–water partition coefficient (Wildman–Crippen LogP) is 3.01. The molecule has 0 saturated carbocycles. The smallest absolute Gasteiger partial charge is 0.245 e. The highest BCUT2D eigenvalue weighted by Gasteiger charge is 2.30. The fourth-order valence-corrected chi connectivity index (χ4v) is 3.28. The third-order valence-corrected chi connectivity index (χ3v) is 4.72. The Morgan fingerprint density at radius 1 is 1.32 bits per heavy atom. The molecule has 1 aromatic carbocycles. The van der Waals surface area contributed by atoms with E-state index in [1.54, 1.807) is 27.8 Å². The summed E-state index contributed by atoms with van der Waals surface area (Å²) in [6.45, 7) is 4.95. The van der Waals surface area contributed by atoms with Crippen molar-refractivity contribution < 1.29 is 23.4 Å². The average molecular weight is 385 g/mol. The fourth-order valence-electron chi connectivity index (χ4n) is 3.28. The van der Waals surface area contributed by atoms with Gasteiger partial charge in [-0.1, -0.05) is 6.58 Å². The molecule has 0 unspecified atom stereocenters. The van der Waals surface area contributed by atoms with Crippen LogP contribution in [-0.2, 0) is 4.79 Å². The van der Waals surface area contributed by atoms with Crippen LogP contribution in [0.25, 0.3) is 16.6 Å². The monoisotopic (exact) mass is 385 g/mol. The molecule has 0 bridgehead atoms. The number of rotatable bonds is 5. The number of pyridine rings is 1. The number of aromatic nitrogens is 2. The van der Waals surface area contributed by atoms with Gasteiger partial charge in [0.15, 0.2) is 0 Å². The molecule has 0 radical (unpaired) electrons. The summed E-state index contributed by atoms with van der Waals surface area (Å²) in [5.74, 6) is -1.76. The molecular weight excluding hydrogens is 368 g/mol. The van der Waals surface area contributed by atoms with E-state index in [2.05, 4.69) is 11.6 Å². The van der Waals surface area contributed by atoms with Crippen molar-refractivity contribution in [2.75, 3.05) is 19.7 Å². The van der Waals surface area contributed by atoms with Crippen LogP contribution < -0.4 is 4.74 Å². The first-order valence-electron chi connectivity index (χ1n) is 8.64. The van der Waals surface area contributed by atoms with Gasteiger partial charge in [-0.3, -0.25) is 4.79 Å². The van der Waals surface area contributed by atoms with Gasteiger partial charge < -0.3 is 19.1 Å². The van der Waals surface area contributed by atoms with Gasteiger partial charge in [-0.05, 0) is 12.1 Å². The molecular formula is C20H17F2N3O3. The number of ether oxygens (including phenoxy) is 1. The molecule has 0 spiro atoms. The van der Waals surface area contributed by atoms with Crippen LogP contribution in [-0.4, -0.2) is 45.0 Å². The van der Waals surface area contributed by atoms with Gasteiger partial charge in [0.1, 0.15) is 28.7 Å². The maximum absolute atomic E-state index is 14.3. The second-order valence-electron chi connectivity index (χ2n) is 6.69. The van der Waals surface area contributed by atoms with Crippen LogP contribution in [0.2, 0.25) is 0 Å². The number of likely N-dealkylation sites (tertiary alicyclic amines) is 1. The highest BCUT2D eigenvalue weighted by Crippen LogP contribution is 2.33. The predicted molar refractivity (Wildman–Crippen MR) is 98.0 cm³/mol. The number of phenolic OH excluding ortho intramolecular Hbond substituents is 1. The van der Waals surface area contributed by atoms with Gasteiger partial charge in [0.25, 0.3) is 0 Å². The Bertz CT molecular complexity index is 1050. The summed E-state index contributed by atoms with van der Waals surface area (Å²) >= 11 is 0. The lowest BCUT2D eigenvalue weighted by Crippen LogP contribution is -2.51. The minimum absolute atomic E-state index is 0.116. The zero-order valence-corrected chi connectivity index (χ0v) is 14.8. The van der Waals surface area contributed by atoms with E-state index >= 15 is 0 Å². The lowest BCUT2D eigenvalue weighted by atomic mass is 10.0. The number of fused-ring (bicyclic) bond motifs is 1. The number of amides is 1. The molecule has 1 saturated heterocycles. The lowest BCUT2D eigenvalue weighted by Gasteiger charge is -2.38. The molecule has 28 heavy (non-hydrogen) atoms. The molecule has 8 heteroatoms. The van der Waals surface area contributed by atoms with E-state index in [0.29, 0.717) is 31.0 Å². The van der Waals surface area contributed by atoms with Gasteiger partial charge in [0.05, 0.1) is 24.7 Å². The highest BCUT2D eigenvalue weighted by atomic mass is 19.1. The van der Waals surface area contributed by atoms with E-state index in [1.165, 1.54) is 12.4 Å². The van der Waals surface area contributed by atoms with Crippen molar-refractivity contribution in [3.05, 3.63) is 61.2 Å². The molecule has 2 aromatic heterocycles. The Labute approximate surface area is 159 Å². The maximum atomic E-state index is 14.3. The van der Waals surface area contributed by atoms with E-state index < -0.39 is 17.4 Å². The number of hydrogen-bond acceptors (Lipinski definition) is 4. The molecule has 3 heterocycles. The molecule has 3 aromatic rings. The van der Waals surface area contributed by atoms with Crippen LogP contribution in [0.15, 0.2) is 49.6 Å². The minimum atomic E-state index is -0.875. The van der Waals surface area contributed by atoms with Crippen molar-refractivity contribution in [2.24, 2.45) is 5.92 Å². The number of phenols is 1. The normalized spacial score (nSPS) is 14.1. The molecule has 144 valence electrons. The van der Waals surface area contributed by atoms with Crippen molar-refractivity contribution in [1.82, 2.24) is 14.3 Å². The summed E-state index contributed by atoms with van der Waals surface area (Å²) in [7, 11) is 0. The van der Waals surface area contributed by atoms with Gasteiger partial charge in [-0.2, -0.15) is 0 Å². The maximum Gasteiger partial charge on any atom is 0.245 e. The van der Waals surface area contributed by atoms with Crippen LogP contribution in [0.4, 0.5) is 8.78 Å². The zero-order valence-electron chi connectivity index (χ0n) is 14.8. The second-order valence-corrected chi connectivity index (χ2v) is 6.69. The quantitative estimate of drug-likeness (QED) is 0.686. The SMILES string of the molecule is C=CC(=O)N1CC(COc2cc(-c3c(F)cc(O)cc3F)cn3cncc23)C1. The number of benzene rings is 1. The molecule has 4 rings (SSSR count). The van der Waals surface area contributed by atoms with Gasteiger partial charge in [-0.15, -0.1) is 0 Å². The Hall–Kier alpha value is -3.42. The highest BCUT2D eigenvalue weighted by molar-refractivity contribution is 5.87. The Morgan fingerprint density at radius 3 is 2.71 bits per heavy atom. The summed E-state index contributed by atoms with van der Waals surface area (Å²) in [6, 6.07) is 3.26. The van der Waals surface area contributed by atoms with E-state index in [9.17, 15) is 18.7 Å². The Morgan fingerprint density at radius 2 is 2.04 bits per heavy atom. The van der Waals surface area contributed by atoms with Crippen LogP contribution in [0.5, 0.6) is 11.5 Å². The number of carbonyl (C=O) groups excluding carboxylic acids is 1. The van der Waals surface area contributed by atoms with Gasteiger partial charge in [0.2, 0.25) is 5.91 Å². The van der Waals surface area contributed by atoms with Crippen molar-refractivity contribution in [3.8, 4) is 22.6 Å². The van der Waals surface area contributed by atoms with Crippen molar-refractivity contribution in [2.45, 2.75) is 0 Å². The number of hydrogen-bond donors (Lipinski definition) is 1. The fraction of sp³-hybridized carbons (Fsp3) is 0.200. The molecule has 1 amide bonds. The van der Waals surface area contributed by atoms with E-state index in [1.807, 2.05) is 0 Å². The van der Waals surface area contributed by atoms with Crippen LogP contribution in [0, 0.1) is 17.6 Å². The first-order chi connectivity index (χ1) is 13.5.